The topological polar surface area (TPSA) is 70.1 Å². The van der Waals surface area contributed by atoms with Crippen molar-refractivity contribution in [1.29, 1.82) is 0 Å². The van der Waals surface area contributed by atoms with E-state index in [1.165, 1.54) is 10.6 Å². The summed E-state index contributed by atoms with van der Waals surface area (Å²) in [4.78, 5) is 19.8. The summed E-state index contributed by atoms with van der Waals surface area (Å²) in [6.45, 7) is 6.57. The fourth-order valence-electron chi connectivity index (χ4n) is 4.08. The Morgan fingerprint density at radius 1 is 1.17 bits per heavy atom. The molecule has 6 nitrogen and oxygen atoms in total. The lowest BCUT2D eigenvalue weighted by Crippen LogP contribution is -2.34. The van der Waals surface area contributed by atoms with Crippen LogP contribution in [-0.4, -0.2) is 48.5 Å². The molecule has 1 amide bonds. The van der Waals surface area contributed by atoms with Crippen molar-refractivity contribution in [2.45, 2.75) is 38.5 Å². The molecule has 4 rings (SSSR count). The van der Waals surface area contributed by atoms with E-state index in [1.54, 1.807) is 28.8 Å². The molecule has 0 N–H and O–H groups in total. The molecular formula is C22H25N3O3S2. The second-order valence-electron chi connectivity index (χ2n) is 8.03. The Morgan fingerprint density at radius 2 is 1.93 bits per heavy atom. The van der Waals surface area contributed by atoms with Gasteiger partial charge in [0.15, 0.2) is 5.17 Å². The summed E-state index contributed by atoms with van der Waals surface area (Å²) in [5.74, 6) is -0.105. The quantitative estimate of drug-likeness (QED) is 0.720. The molecule has 8 heteroatoms. The number of amidine groups is 1. The average molecular weight is 444 g/mol. The lowest BCUT2D eigenvalue weighted by molar-refractivity contribution is 0.0855. The molecule has 2 heterocycles. The molecule has 0 saturated carbocycles. The van der Waals surface area contributed by atoms with Crippen molar-refractivity contribution in [1.82, 2.24) is 4.90 Å². The number of fused-ring (bicyclic) bond motifs is 1. The fraction of sp³-hybridized carbons (Fsp3) is 0.364. The van der Waals surface area contributed by atoms with Gasteiger partial charge in [-0.25, -0.2) is 13.4 Å². The van der Waals surface area contributed by atoms with Crippen LogP contribution in [0.3, 0.4) is 0 Å². The number of thioether (sulfide) groups is 1. The molecular weight excluding hydrogens is 418 g/mol. The zero-order valence-electron chi connectivity index (χ0n) is 17.5. The number of nitrogens with zero attached hydrogens (tertiary/aromatic N) is 3. The molecule has 0 aliphatic carbocycles. The third kappa shape index (κ3) is 3.98. The number of carbonyl (C=O) groups is 1. The highest BCUT2D eigenvalue weighted by Gasteiger charge is 2.35. The molecule has 0 spiro atoms. The molecule has 2 atom stereocenters. The zero-order chi connectivity index (χ0) is 21.6. The number of anilines is 1. The maximum Gasteiger partial charge on any atom is 0.259 e. The summed E-state index contributed by atoms with van der Waals surface area (Å²) in [6.07, 6.45) is 1.81. The maximum absolute atomic E-state index is 13.3. The Hall–Kier alpha value is -2.32. The molecule has 2 aliphatic rings. The molecule has 2 aliphatic heterocycles. The number of rotatable bonds is 3. The van der Waals surface area contributed by atoms with Crippen molar-refractivity contribution in [2.75, 3.05) is 17.1 Å². The van der Waals surface area contributed by atoms with Gasteiger partial charge in [-0.1, -0.05) is 30.8 Å². The Morgan fingerprint density at radius 3 is 2.63 bits per heavy atom. The van der Waals surface area contributed by atoms with Crippen LogP contribution in [0.15, 0.2) is 47.5 Å². The normalized spacial score (nSPS) is 22.6. The van der Waals surface area contributed by atoms with Gasteiger partial charge in [-0.2, -0.15) is 0 Å². The predicted molar refractivity (Wildman–Crippen MR) is 123 cm³/mol. The summed E-state index contributed by atoms with van der Waals surface area (Å²) >= 11 is 1.59. The number of aliphatic imine (C=N–C) groups is 1. The summed E-state index contributed by atoms with van der Waals surface area (Å²) in [5, 5.41) is 0.956. The van der Waals surface area contributed by atoms with Gasteiger partial charge in [-0.3, -0.25) is 14.0 Å². The van der Waals surface area contributed by atoms with Crippen LogP contribution in [0.1, 0.15) is 35.3 Å². The van der Waals surface area contributed by atoms with E-state index in [0.717, 1.165) is 16.8 Å². The fourth-order valence-corrected chi connectivity index (χ4v) is 6.37. The largest absolute Gasteiger partial charge is 0.286 e. The minimum atomic E-state index is -3.35. The predicted octanol–water partition coefficient (Wildman–Crippen LogP) is 3.97. The number of benzene rings is 2. The van der Waals surface area contributed by atoms with E-state index in [4.69, 9.17) is 4.99 Å². The van der Waals surface area contributed by atoms with Crippen molar-refractivity contribution in [3.63, 3.8) is 0 Å². The lowest BCUT2D eigenvalue weighted by Gasteiger charge is -2.22. The van der Waals surface area contributed by atoms with Gasteiger partial charge in [0.25, 0.3) is 5.91 Å². The van der Waals surface area contributed by atoms with E-state index in [9.17, 15) is 13.2 Å². The summed E-state index contributed by atoms with van der Waals surface area (Å²) in [5.41, 5.74) is 4.06. The van der Waals surface area contributed by atoms with Crippen LogP contribution < -0.4 is 4.31 Å². The number of carbonyl (C=O) groups excluding carboxylic acids is 1. The van der Waals surface area contributed by atoms with E-state index < -0.39 is 10.0 Å². The summed E-state index contributed by atoms with van der Waals surface area (Å²) in [6, 6.07) is 13.0. The van der Waals surface area contributed by atoms with Crippen molar-refractivity contribution in [2.24, 2.45) is 4.99 Å². The number of amides is 1. The van der Waals surface area contributed by atoms with E-state index in [1.807, 2.05) is 44.2 Å². The molecule has 0 bridgehead atoms. The highest BCUT2D eigenvalue weighted by Crippen LogP contribution is 2.36. The molecule has 0 radical (unpaired) electrons. The highest BCUT2D eigenvalue weighted by molar-refractivity contribution is 8.14. The van der Waals surface area contributed by atoms with Gasteiger partial charge in [-0.05, 0) is 61.7 Å². The number of hydrogen-bond acceptors (Lipinski definition) is 5. The van der Waals surface area contributed by atoms with Crippen molar-refractivity contribution >= 4 is 44.2 Å². The van der Waals surface area contributed by atoms with Gasteiger partial charge in [-0.15, -0.1) is 0 Å². The van der Waals surface area contributed by atoms with Crippen LogP contribution in [0.4, 0.5) is 11.4 Å². The van der Waals surface area contributed by atoms with Gasteiger partial charge < -0.3 is 0 Å². The van der Waals surface area contributed by atoms with Gasteiger partial charge in [0, 0.05) is 23.4 Å². The van der Waals surface area contributed by atoms with Crippen LogP contribution in [0, 0.1) is 6.92 Å². The molecule has 2 aromatic rings. The zero-order valence-corrected chi connectivity index (χ0v) is 19.1. The van der Waals surface area contributed by atoms with Crippen molar-refractivity contribution in [3.8, 4) is 0 Å². The van der Waals surface area contributed by atoms with E-state index in [2.05, 4.69) is 6.92 Å². The standard InChI is InChI=1S/C22H25N3O3S2/c1-14-6-5-7-19(10-14)23-22-24(13-16(3)29-22)21(26)17-8-9-20-18(12-17)11-15(2)25(20)30(4,27)28/h5-10,12,15-16H,11,13H2,1-4H3. The lowest BCUT2D eigenvalue weighted by atomic mass is 10.1. The number of hydrogen-bond donors (Lipinski definition) is 0. The summed E-state index contributed by atoms with van der Waals surface area (Å²) in [7, 11) is -3.35. The van der Waals surface area contributed by atoms with Crippen molar-refractivity contribution in [3.05, 3.63) is 59.2 Å². The second-order valence-corrected chi connectivity index (χ2v) is 11.3. The van der Waals surface area contributed by atoms with Gasteiger partial charge in [0.1, 0.15) is 0 Å². The monoisotopic (exact) mass is 443 g/mol. The first-order valence-electron chi connectivity index (χ1n) is 9.89. The van der Waals surface area contributed by atoms with Crippen LogP contribution in [0.25, 0.3) is 0 Å². The third-order valence-electron chi connectivity index (χ3n) is 5.29. The molecule has 30 heavy (non-hydrogen) atoms. The summed E-state index contributed by atoms with van der Waals surface area (Å²) < 4.78 is 25.7. The molecule has 0 aromatic heterocycles. The van der Waals surface area contributed by atoms with Crippen molar-refractivity contribution < 1.29 is 13.2 Å². The molecule has 2 aromatic carbocycles. The van der Waals surface area contributed by atoms with Gasteiger partial charge >= 0.3 is 0 Å². The number of aryl methyl sites for hydroxylation is 1. The molecule has 1 fully saturated rings. The molecule has 2 unspecified atom stereocenters. The van der Waals surface area contributed by atoms with Gasteiger partial charge in [0.05, 0.1) is 17.6 Å². The minimum Gasteiger partial charge on any atom is -0.286 e. The van der Waals surface area contributed by atoms with E-state index in [-0.39, 0.29) is 17.2 Å². The van der Waals surface area contributed by atoms with Crippen LogP contribution in [0.5, 0.6) is 0 Å². The average Bonchev–Trinajstić information content (AvgIpc) is 3.18. The maximum atomic E-state index is 13.3. The number of sulfonamides is 1. The van der Waals surface area contributed by atoms with Gasteiger partial charge in [0.2, 0.25) is 10.0 Å². The van der Waals surface area contributed by atoms with Crippen LogP contribution >= 0.6 is 11.8 Å². The first-order valence-corrected chi connectivity index (χ1v) is 12.6. The highest BCUT2D eigenvalue weighted by atomic mass is 32.2. The first-order chi connectivity index (χ1) is 14.1. The Kier molecular flexibility index (Phi) is 5.40. The molecule has 158 valence electrons. The second kappa shape index (κ2) is 7.74. The first kappa shape index (κ1) is 20.9. The van der Waals surface area contributed by atoms with E-state index in [0.29, 0.717) is 29.4 Å². The SMILES string of the molecule is Cc1cccc(N=C2SC(C)CN2C(=O)c2ccc3c(c2)CC(C)N3S(C)(=O)=O)c1. The Bertz CT molecular complexity index is 1140. The Labute approximate surface area is 182 Å². The van der Waals surface area contributed by atoms with Crippen LogP contribution in [0.2, 0.25) is 0 Å². The smallest absolute Gasteiger partial charge is 0.259 e. The Balaban J connectivity index is 1.65. The van der Waals surface area contributed by atoms with E-state index >= 15 is 0 Å². The third-order valence-corrected chi connectivity index (χ3v) is 7.63. The molecule has 1 saturated heterocycles. The minimum absolute atomic E-state index is 0.105. The van der Waals surface area contributed by atoms with Crippen LogP contribution in [-0.2, 0) is 16.4 Å².